The molecule has 0 radical (unpaired) electrons. The summed E-state index contributed by atoms with van der Waals surface area (Å²) in [6.07, 6.45) is 2.34. The van der Waals surface area contributed by atoms with Crippen molar-refractivity contribution in [2.75, 3.05) is 5.32 Å². The molecule has 1 N–H and O–H groups in total. The van der Waals surface area contributed by atoms with E-state index in [9.17, 15) is 0 Å². The van der Waals surface area contributed by atoms with Gasteiger partial charge in [-0.15, -0.1) is 0 Å². The van der Waals surface area contributed by atoms with Crippen LogP contribution < -0.4 is 5.32 Å². The van der Waals surface area contributed by atoms with Crippen molar-refractivity contribution in [1.29, 1.82) is 0 Å². The third kappa shape index (κ3) is 3.77. The van der Waals surface area contributed by atoms with Gasteiger partial charge in [-0.1, -0.05) is 55.3 Å². The average Bonchev–Trinajstić information content (AvgIpc) is 2.44. The first-order chi connectivity index (χ1) is 9.60. The molecule has 0 bridgehead atoms. The minimum Gasteiger partial charge on any atom is -0.378 e. The number of halogens is 1. The molecule has 0 aromatic heterocycles. The van der Waals surface area contributed by atoms with E-state index < -0.39 is 0 Å². The molecule has 0 aliphatic carbocycles. The first-order valence-electron chi connectivity index (χ1n) is 7.21. The Bertz CT molecular complexity index is 560. The van der Waals surface area contributed by atoms with Gasteiger partial charge >= 0.3 is 0 Å². The Balaban J connectivity index is 2.06. The third-order valence-electron chi connectivity index (χ3n) is 3.57. The minimum atomic E-state index is 0.268. The molecule has 0 aliphatic heterocycles. The molecule has 0 aliphatic rings. The number of aryl methyl sites for hydroxylation is 2. The summed E-state index contributed by atoms with van der Waals surface area (Å²) in [5, 5.41) is 4.30. The van der Waals surface area contributed by atoms with Crippen molar-refractivity contribution in [1.82, 2.24) is 0 Å². The van der Waals surface area contributed by atoms with Gasteiger partial charge in [-0.05, 0) is 49.1 Å². The molecule has 1 nitrogen and oxygen atoms in total. The van der Waals surface area contributed by atoms with Gasteiger partial charge in [0.1, 0.15) is 0 Å². The van der Waals surface area contributed by atoms with Crippen molar-refractivity contribution >= 4 is 17.3 Å². The zero-order chi connectivity index (χ0) is 14.5. The molecular weight excluding hydrogens is 266 g/mol. The van der Waals surface area contributed by atoms with Crippen LogP contribution >= 0.6 is 11.6 Å². The Hall–Kier alpha value is -1.47. The molecule has 20 heavy (non-hydrogen) atoms. The quantitative estimate of drug-likeness (QED) is 0.735. The molecule has 0 spiro atoms. The van der Waals surface area contributed by atoms with Crippen LogP contribution in [0.4, 0.5) is 5.69 Å². The maximum Gasteiger partial charge on any atom is 0.0485 e. The number of rotatable bonds is 5. The largest absolute Gasteiger partial charge is 0.378 e. The molecule has 0 fully saturated rings. The topological polar surface area (TPSA) is 12.0 Å². The second-order valence-electron chi connectivity index (χ2n) is 5.32. The van der Waals surface area contributed by atoms with E-state index >= 15 is 0 Å². The predicted molar refractivity (Wildman–Crippen MR) is 88.7 cm³/mol. The molecule has 106 valence electrons. The fraction of sp³-hybridized carbons (Fsp3) is 0.333. The van der Waals surface area contributed by atoms with Crippen LogP contribution in [0, 0.1) is 6.92 Å². The van der Waals surface area contributed by atoms with E-state index in [-0.39, 0.29) is 6.04 Å². The molecule has 0 saturated heterocycles. The third-order valence-corrected chi connectivity index (χ3v) is 3.98. The number of hydrogen-bond acceptors (Lipinski definition) is 1. The minimum absolute atomic E-state index is 0.268. The highest BCUT2D eigenvalue weighted by Gasteiger charge is 2.06. The van der Waals surface area contributed by atoms with Crippen LogP contribution in [0.3, 0.4) is 0 Å². The summed E-state index contributed by atoms with van der Waals surface area (Å²) >= 11 is 6.16. The molecule has 0 amide bonds. The number of benzene rings is 2. The first-order valence-corrected chi connectivity index (χ1v) is 7.59. The summed E-state index contributed by atoms with van der Waals surface area (Å²) < 4.78 is 0. The summed E-state index contributed by atoms with van der Waals surface area (Å²) in [5.41, 5.74) is 4.86. The SMILES string of the molecule is CCCc1ccc(C(C)Nc2ccc(C)c(Cl)c2)cc1. The van der Waals surface area contributed by atoms with E-state index in [0.717, 1.165) is 22.7 Å². The lowest BCUT2D eigenvalue weighted by Gasteiger charge is -2.17. The summed E-state index contributed by atoms with van der Waals surface area (Å²) in [6.45, 7) is 6.39. The van der Waals surface area contributed by atoms with Crippen LogP contribution in [-0.2, 0) is 6.42 Å². The highest BCUT2D eigenvalue weighted by molar-refractivity contribution is 6.31. The van der Waals surface area contributed by atoms with Crippen LogP contribution in [0.2, 0.25) is 5.02 Å². The zero-order valence-electron chi connectivity index (χ0n) is 12.4. The number of hydrogen-bond donors (Lipinski definition) is 1. The smallest absolute Gasteiger partial charge is 0.0485 e. The van der Waals surface area contributed by atoms with Gasteiger partial charge in [0.15, 0.2) is 0 Å². The lowest BCUT2D eigenvalue weighted by Crippen LogP contribution is -2.06. The molecule has 0 saturated carbocycles. The normalized spacial score (nSPS) is 12.2. The van der Waals surface area contributed by atoms with Gasteiger partial charge in [-0.2, -0.15) is 0 Å². The average molecular weight is 288 g/mol. The van der Waals surface area contributed by atoms with Crippen LogP contribution in [0.15, 0.2) is 42.5 Å². The standard InChI is InChI=1S/C18H22ClN/c1-4-5-15-7-9-16(10-8-15)14(3)20-17-11-6-13(2)18(19)12-17/h6-12,14,20H,4-5H2,1-3H3. The Morgan fingerprint density at radius 3 is 2.40 bits per heavy atom. The second-order valence-corrected chi connectivity index (χ2v) is 5.73. The Kier molecular flexibility index (Phi) is 5.08. The van der Waals surface area contributed by atoms with E-state index in [2.05, 4.69) is 49.5 Å². The molecule has 2 heteroatoms. The van der Waals surface area contributed by atoms with Gasteiger partial charge in [-0.3, -0.25) is 0 Å². The summed E-state index contributed by atoms with van der Waals surface area (Å²) in [6, 6.07) is 15.2. The lowest BCUT2D eigenvalue weighted by molar-refractivity contribution is 0.876. The maximum atomic E-state index is 6.16. The van der Waals surface area contributed by atoms with Crippen LogP contribution in [-0.4, -0.2) is 0 Å². The Morgan fingerprint density at radius 1 is 1.10 bits per heavy atom. The van der Waals surface area contributed by atoms with Crippen molar-refractivity contribution in [2.24, 2.45) is 0 Å². The molecular formula is C18H22ClN. The van der Waals surface area contributed by atoms with E-state index in [0.29, 0.717) is 0 Å². The number of anilines is 1. The van der Waals surface area contributed by atoms with Crippen molar-refractivity contribution in [3.05, 3.63) is 64.2 Å². The molecule has 1 unspecified atom stereocenters. The van der Waals surface area contributed by atoms with Gasteiger partial charge in [0.25, 0.3) is 0 Å². The Labute approximate surface area is 127 Å². The summed E-state index contributed by atoms with van der Waals surface area (Å²) in [7, 11) is 0. The highest BCUT2D eigenvalue weighted by Crippen LogP contribution is 2.24. The van der Waals surface area contributed by atoms with Crippen LogP contribution in [0.5, 0.6) is 0 Å². The van der Waals surface area contributed by atoms with Crippen molar-refractivity contribution in [3.8, 4) is 0 Å². The van der Waals surface area contributed by atoms with Crippen LogP contribution in [0.25, 0.3) is 0 Å². The van der Waals surface area contributed by atoms with E-state index in [1.54, 1.807) is 0 Å². The molecule has 0 heterocycles. The molecule has 2 aromatic rings. The fourth-order valence-corrected chi connectivity index (χ4v) is 2.46. The predicted octanol–water partition coefficient (Wildman–Crippen LogP) is 5.77. The van der Waals surface area contributed by atoms with E-state index in [1.165, 1.54) is 17.5 Å². The fourth-order valence-electron chi connectivity index (χ4n) is 2.28. The van der Waals surface area contributed by atoms with E-state index in [1.807, 2.05) is 19.1 Å². The molecule has 1 atom stereocenters. The maximum absolute atomic E-state index is 6.16. The van der Waals surface area contributed by atoms with Gasteiger partial charge < -0.3 is 5.32 Å². The van der Waals surface area contributed by atoms with Crippen molar-refractivity contribution < 1.29 is 0 Å². The highest BCUT2D eigenvalue weighted by atomic mass is 35.5. The summed E-state index contributed by atoms with van der Waals surface area (Å²) in [4.78, 5) is 0. The molecule has 2 aromatic carbocycles. The van der Waals surface area contributed by atoms with Crippen molar-refractivity contribution in [2.45, 2.75) is 39.7 Å². The lowest BCUT2D eigenvalue weighted by atomic mass is 10.0. The van der Waals surface area contributed by atoms with E-state index in [4.69, 9.17) is 11.6 Å². The zero-order valence-corrected chi connectivity index (χ0v) is 13.2. The summed E-state index contributed by atoms with van der Waals surface area (Å²) in [5.74, 6) is 0. The van der Waals surface area contributed by atoms with Crippen molar-refractivity contribution in [3.63, 3.8) is 0 Å². The van der Waals surface area contributed by atoms with Gasteiger partial charge in [-0.25, -0.2) is 0 Å². The first kappa shape index (κ1) is 14.9. The Morgan fingerprint density at radius 2 is 1.80 bits per heavy atom. The monoisotopic (exact) mass is 287 g/mol. The van der Waals surface area contributed by atoms with Gasteiger partial charge in [0.2, 0.25) is 0 Å². The second kappa shape index (κ2) is 6.81. The van der Waals surface area contributed by atoms with Gasteiger partial charge in [0, 0.05) is 16.8 Å². The van der Waals surface area contributed by atoms with Gasteiger partial charge in [0.05, 0.1) is 0 Å². The molecule has 2 rings (SSSR count). The number of nitrogens with one attached hydrogen (secondary N) is 1. The van der Waals surface area contributed by atoms with Crippen LogP contribution in [0.1, 0.15) is 43.0 Å².